The van der Waals surface area contributed by atoms with Crippen LogP contribution in [0.2, 0.25) is 0 Å². The summed E-state index contributed by atoms with van der Waals surface area (Å²) in [7, 11) is 0. The minimum atomic E-state index is -5.33. The van der Waals surface area contributed by atoms with E-state index in [2.05, 4.69) is 9.47 Å². The van der Waals surface area contributed by atoms with Crippen LogP contribution in [0.3, 0.4) is 0 Å². The van der Waals surface area contributed by atoms with Crippen LogP contribution in [0.15, 0.2) is 12.1 Å². The summed E-state index contributed by atoms with van der Waals surface area (Å²) in [5, 5.41) is 8.78. The van der Waals surface area contributed by atoms with Crippen LogP contribution in [0.5, 0.6) is 5.75 Å². The molecule has 0 amide bonds. The number of hydrogen-bond donors (Lipinski definition) is 0. The predicted octanol–water partition coefficient (Wildman–Crippen LogP) is 3.58. The van der Waals surface area contributed by atoms with E-state index in [4.69, 9.17) is 5.26 Å². The van der Waals surface area contributed by atoms with Crippen molar-refractivity contribution in [1.29, 1.82) is 5.26 Å². The van der Waals surface area contributed by atoms with Gasteiger partial charge < -0.3 is 9.47 Å². The van der Waals surface area contributed by atoms with Crippen molar-refractivity contribution in [1.82, 2.24) is 0 Å². The van der Waals surface area contributed by atoms with Crippen molar-refractivity contribution in [3.8, 4) is 11.8 Å². The van der Waals surface area contributed by atoms with Crippen molar-refractivity contribution in [2.75, 3.05) is 6.61 Å². The van der Waals surface area contributed by atoms with Gasteiger partial charge >= 0.3 is 18.5 Å². The number of hydrogen-bond acceptors (Lipinski definition) is 4. The van der Waals surface area contributed by atoms with Crippen LogP contribution in [0.4, 0.5) is 26.3 Å². The van der Waals surface area contributed by atoms with Gasteiger partial charge in [-0.05, 0) is 19.1 Å². The lowest BCUT2D eigenvalue weighted by molar-refractivity contribution is -0.275. The van der Waals surface area contributed by atoms with Gasteiger partial charge in [-0.2, -0.15) is 18.4 Å². The highest BCUT2D eigenvalue weighted by Gasteiger charge is 2.39. The summed E-state index contributed by atoms with van der Waals surface area (Å²) in [5.74, 6) is -2.54. The number of halogens is 6. The molecule has 1 aromatic rings. The van der Waals surface area contributed by atoms with Crippen LogP contribution in [0.25, 0.3) is 0 Å². The molecule has 4 nitrogen and oxygen atoms in total. The van der Waals surface area contributed by atoms with Gasteiger partial charge in [0.2, 0.25) is 0 Å². The molecule has 0 radical (unpaired) electrons. The third-order valence-electron chi connectivity index (χ3n) is 2.53. The molecular formula is C13H9F6NO3. The SMILES string of the molecule is CCOC(=O)Cc1c(C(F)(F)F)ccc(C#N)c1OC(F)(F)F. The van der Waals surface area contributed by atoms with E-state index in [1.54, 1.807) is 0 Å². The number of nitriles is 1. The molecule has 0 saturated carbocycles. The molecule has 1 aromatic carbocycles. The van der Waals surface area contributed by atoms with Gasteiger partial charge in [0, 0.05) is 5.56 Å². The van der Waals surface area contributed by atoms with Crippen LogP contribution in [-0.4, -0.2) is 18.9 Å². The quantitative estimate of drug-likeness (QED) is 0.620. The molecule has 0 saturated heterocycles. The van der Waals surface area contributed by atoms with E-state index in [0.717, 1.165) is 0 Å². The summed E-state index contributed by atoms with van der Waals surface area (Å²) in [6.07, 6.45) is -11.5. The molecule has 0 spiro atoms. The van der Waals surface area contributed by atoms with Crippen LogP contribution in [0, 0.1) is 11.3 Å². The summed E-state index contributed by atoms with van der Waals surface area (Å²) < 4.78 is 84.1. The van der Waals surface area contributed by atoms with Crippen LogP contribution >= 0.6 is 0 Å². The number of carbonyl (C=O) groups is 1. The molecule has 0 aliphatic rings. The Bertz CT molecular complexity index is 630. The fraction of sp³-hybridized carbons (Fsp3) is 0.385. The standard InChI is InChI=1S/C13H9F6NO3/c1-2-22-10(21)5-8-9(12(14,15)16)4-3-7(6-20)11(8)23-13(17,18)19/h3-4H,2,5H2,1H3. The molecular weight excluding hydrogens is 332 g/mol. The van der Waals surface area contributed by atoms with Gasteiger partial charge in [-0.25, -0.2) is 0 Å². The van der Waals surface area contributed by atoms with E-state index in [9.17, 15) is 31.1 Å². The molecule has 0 atom stereocenters. The second-order valence-corrected chi connectivity index (χ2v) is 4.11. The molecule has 126 valence electrons. The van der Waals surface area contributed by atoms with Crippen LogP contribution < -0.4 is 4.74 Å². The molecule has 0 unspecified atom stereocenters. The first-order valence-corrected chi connectivity index (χ1v) is 6.04. The predicted molar refractivity (Wildman–Crippen MR) is 63.2 cm³/mol. The Balaban J connectivity index is 3.54. The number of rotatable bonds is 4. The van der Waals surface area contributed by atoms with Gasteiger partial charge in [0.15, 0.2) is 5.75 Å². The zero-order valence-electron chi connectivity index (χ0n) is 11.5. The minimum absolute atomic E-state index is 0.173. The van der Waals surface area contributed by atoms with Crippen molar-refractivity contribution >= 4 is 5.97 Å². The maximum atomic E-state index is 13.0. The number of nitrogens with zero attached hydrogens (tertiary/aromatic N) is 1. The fourth-order valence-electron chi connectivity index (χ4n) is 1.75. The van der Waals surface area contributed by atoms with Gasteiger partial charge in [-0.3, -0.25) is 4.79 Å². The van der Waals surface area contributed by atoms with E-state index in [1.807, 2.05) is 0 Å². The summed E-state index contributed by atoms with van der Waals surface area (Å²) in [6.45, 7) is 1.20. The second-order valence-electron chi connectivity index (χ2n) is 4.11. The third-order valence-corrected chi connectivity index (χ3v) is 2.53. The molecule has 0 aliphatic heterocycles. The first-order chi connectivity index (χ1) is 10.5. The van der Waals surface area contributed by atoms with Gasteiger partial charge in [-0.1, -0.05) is 0 Å². The minimum Gasteiger partial charge on any atom is -0.466 e. The van der Waals surface area contributed by atoms with E-state index in [-0.39, 0.29) is 6.61 Å². The van der Waals surface area contributed by atoms with Crippen molar-refractivity contribution in [3.63, 3.8) is 0 Å². The Morgan fingerprint density at radius 3 is 2.26 bits per heavy atom. The molecule has 10 heteroatoms. The summed E-state index contributed by atoms with van der Waals surface area (Å²) in [6, 6.07) is 2.25. The topological polar surface area (TPSA) is 59.3 Å². The highest BCUT2D eigenvalue weighted by molar-refractivity contribution is 5.75. The van der Waals surface area contributed by atoms with E-state index < -0.39 is 47.4 Å². The van der Waals surface area contributed by atoms with Gasteiger partial charge in [0.25, 0.3) is 0 Å². The largest absolute Gasteiger partial charge is 0.573 e. The van der Waals surface area contributed by atoms with Crippen molar-refractivity contribution < 1.29 is 40.6 Å². The number of carbonyl (C=O) groups excluding carboxylic acids is 1. The lowest BCUT2D eigenvalue weighted by Crippen LogP contribution is -2.22. The summed E-state index contributed by atoms with van der Waals surface area (Å²) in [4.78, 5) is 11.4. The molecule has 0 aromatic heterocycles. The zero-order valence-corrected chi connectivity index (χ0v) is 11.5. The first-order valence-electron chi connectivity index (χ1n) is 6.04. The molecule has 0 N–H and O–H groups in total. The van der Waals surface area contributed by atoms with Crippen LogP contribution in [0.1, 0.15) is 23.6 Å². The maximum Gasteiger partial charge on any atom is 0.573 e. The molecule has 0 fully saturated rings. The highest BCUT2D eigenvalue weighted by Crippen LogP contribution is 2.40. The van der Waals surface area contributed by atoms with Crippen molar-refractivity contribution in [2.24, 2.45) is 0 Å². The van der Waals surface area contributed by atoms with E-state index >= 15 is 0 Å². The van der Waals surface area contributed by atoms with Crippen molar-refractivity contribution in [3.05, 3.63) is 28.8 Å². The summed E-state index contributed by atoms with van der Waals surface area (Å²) in [5.41, 5.74) is -3.40. The lowest BCUT2D eigenvalue weighted by Gasteiger charge is -2.19. The fourth-order valence-corrected chi connectivity index (χ4v) is 1.75. The average Bonchev–Trinajstić information content (AvgIpc) is 2.37. The number of benzene rings is 1. The monoisotopic (exact) mass is 341 g/mol. The highest BCUT2D eigenvalue weighted by atomic mass is 19.4. The normalized spacial score (nSPS) is 11.7. The Hall–Kier alpha value is -2.44. The molecule has 0 heterocycles. The molecule has 0 aliphatic carbocycles. The number of esters is 1. The smallest absolute Gasteiger partial charge is 0.466 e. The maximum absolute atomic E-state index is 13.0. The molecule has 23 heavy (non-hydrogen) atoms. The van der Waals surface area contributed by atoms with Gasteiger partial charge in [0.1, 0.15) is 6.07 Å². The molecule has 1 rings (SSSR count). The second kappa shape index (κ2) is 6.76. The molecule has 0 bridgehead atoms. The number of ether oxygens (including phenoxy) is 2. The Morgan fingerprint density at radius 2 is 1.83 bits per heavy atom. The van der Waals surface area contributed by atoms with E-state index in [0.29, 0.717) is 12.1 Å². The Kier molecular flexibility index (Phi) is 5.47. The first kappa shape index (κ1) is 18.6. The number of alkyl halides is 6. The van der Waals surface area contributed by atoms with Gasteiger partial charge in [0.05, 0.1) is 24.2 Å². The van der Waals surface area contributed by atoms with Crippen molar-refractivity contribution in [2.45, 2.75) is 25.9 Å². The lowest BCUT2D eigenvalue weighted by atomic mass is 9.99. The third kappa shape index (κ3) is 5.05. The average molecular weight is 341 g/mol. The zero-order chi connectivity index (χ0) is 17.8. The Labute approximate surface area is 126 Å². The van der Waals surface area contributed by atoms with E-state index in [1.165, 1.54) is 13.0 Å². The van der Waals surface area contributed by atoms with Gasteiger partial charge in [-0.15, -0.1) is 13.2 Å². The summed E-state index contributed by atoms with van der Waals surface area (Å²) >= 11 is 0. The van der Waals surface area contributed by atoms with Crippen LogP contribution in [-0.2, 0) is 22.1 Å². The Morgan fingerprint density at radius 1 is 1.22 bits per heavy atom.